The summed E-state index contributed by atoms with van der Waals surface area (Å²) in [5, 5.41) is 7.44. The van der Waals surface area contributed by atoms with Gasteiger partial charge in [-0.2, -0.15) is 9.78 Å². The van der Waals surface area contributed by atoms with E-state index in [1.807, 2.05) is 69.3 Å². The molecule has 4 aromatic rings. The standard InChI is InChI=1S/C23H24N6O/c1-14(2)12-25-23(30)19-20-22(28-18-7-5-4-6-17(18)27-20)29(21(19)24)26-13-16-10-8-15(3)9-11-16/h4-11,13-14H,12,24H2,1-3H3,(H,25,30). The van der Waals surface area contributed by atoms with Crippen LogP contribution in [0, 0.1) is 12.8 Å². The Hall–Kier alpha value is -3.74. The Morgan fingerprint density at radius 3 is 2.47 bits per heavy atom. The van der Waals surface area contributed by atoms with Crippen molar-refractivity contribution in [3.63, 3.8) is 0 Å². The van der Waals surface area contributed by atoms with Crippen LogP contribution in [0.3, 0.4) is 0 Å². The van der Waals surface area contributed by atoms with Crippen LogP contribution in [0.25, 0.3) is 22.2 Å². The van der Waals surface area contributed by atoms with E-state index < -0.39 is 0 Å². The fourth-order valence-corrected chi connectivity index (χ4v) is 3.15. The van der Waals surface area contributed by atoms with Gasteiger partial charge in [0.05, 0.1) is 17.2 Å². The van der Waals surface area contributed by atoms with Crippen LogP contribution in [-0.4, -0.2) is 33.3 Å². The van der Waals surface area contributed by atoms with Crippen LogP contribution < -0.4 is 11.1 Å². The van der Waals surface area contributed by atoms with Gasteiger partial charge in [-0.05, 0) is 30.5 Å². The van der Waals surface area contributed by atoms with Gasteiger partial charge in [-0.15, -0.1) is 0 Å². The molecule has 7 nitrogen and oxygen atoms in total. The average molecular weight is 400 g/mol. The highest BCUT2D eigenvalue weighted by Crippen LogP contribution is 2.27. The Morgan fingerprint density at radius 1 is 1.13 bits per heavy atom. The van der Waals surface area contributed by atoms with E-state index in [-0.39, 0.29) is 11.7 Å². The highest BCUT2D eigenvalue weighted by Gasteiger charge is 2.24. The highest BCUT2D eigenvalue weighted by atomic mass is 16.1. The van der Waals surface area contributed by atoms with Crippen molar-refractivity contribution in [3.05, 3.63) is 65.2 Å². The summed E-state index contributed by atoms with van der Waals surface area (Å²) in [4.78, 5) is 22.3. The highest BCUT2D eigenvalue weighted by molar-refractivity contribution is 6.10. The lowest BCUT2D eigenvalue weighted by molar-refractivity contribution is 0.0951. The van der Waals surface area contributed by atoms with E-state index in [1.54, 1.807) is 6.21 Å². The van der Waals surface area contributed by atoms with E-state index in [1.165, 1.54) is 10.2 Å². The van der Waals surface area contributed by atoms with Crippen LogP contribution in [0.15, 0.2) is 53.6 Å². The zero-order valence-corrected chi connectivity index (χ0v) is 17.3. The van der Waals surface area contributed by atoms with Crippen LogP contribution in [0.4, 0.5) is 5.82 Å². The molecule has 2 aromatic heterocycles. The molecule has 0 spiro atoms. The number of hydrogen-bond acceptors (Lipinski definition) is 5. The van der Waals surface area contributed by atoms with Crippen LogP contribution in [0.5, 0.6) is 0 Å². The number of amides is 1. The summed E-state index contributed by atoms with van der Waals surface area (Å²) < 4.78 is 1.49. The van der Waals surface area contributed by atoms with Gasteiger partial charge in [-0.3, -0.25) is 4.79 Å². The number of carbonyl (C=O) groups excluding carboxylic acids is 1. The quantitative estimate of drug-likeness (QED) is 0.499. The number of nitrogens with two attached hydrogens (primary N) is 1. The molecule has 30 heavy (non-hydrogen) atoms. The van der Waals surface area contributed by atoms with E-state index in [2.05, 4.69) is 20.4 Å². The van der Waals surface area contributed by atoms with E-state index in [0.717, 1.165) is 5.56 Å². The number of aryl methyl sites for hydroxylation is 1. The van der Waals surface area contributed by atoms with E-state index >= 15 is 0 Å². The third kappa shape index (κ3) is 3.74. The zero-order chi connectivity index (χ0) is 21.3. The molecule has 2 aromatic carbocycles. The van der Waals surface area contributed by atoms with Crippen LogP contribution in [0.2, 0.25) is 0 Å². The summed E-state index contributed by atoms with van der Waals surface area (Å²) in [7, 11) is 0. The number of nitrogens with one attached hydrogen (secondary N) is 1. The predicted octanol–water partition coefficient (Wildman–Crippen LogP) is 3.74. The molecule has 0 fully saturated rings. The van der Waals surface area contributed by atoms with Gasteiger partial charge in [-0.25, -0.2) is 9.97 Å². The van der Waals surface area contributed by atoms with Crippen LogP contribution in [-0.2, 0) is 0 Å². The lowest BCUT2D eigenvalue weighted by Crippen LogP contribution is -2.28. The van der Waals surface area contributed by atoms with Gasteiger partial charge in [0.25, 0.3) is 5.91 Å². The first-order valence-corrected chi connectivity index (χ1v) is 9.90. The number of fused-ring (bicyclic) bond motifs is 2. The lowest BCUT2D eigenvalue weighted by atomic mass is 10.2. The molecule has 7 heteroatoms. The molecule has 0 saturated carbocycles. The molecule has 3 N–H and O–H groups in total. The molecule has 2 heterocycles. The van der Waals surface area contributed by atoms with Crippen molar-refractivity contribution in [2.75, 3.05) is 12.3 Å². The number of hydrogen-bond donors (Lipinski definition) is 2. The summed E-state index contributed by atoms with van der Waals surface area (Å²) in [5.74, 6) is 0.250. The number of benzene rings is 2. The largest absolute Gasteiger partial charge is 0.383 e. The fraction of sp³-hybridized carbons (Fsp3) is 0.217. The van der Waals surface area contributed by atoms with Gasteiger partial charge < -0.3 is 11.1 Å². The molecule has 0 aliphatic heterocycles. The predicted molar refractivity (Wildman–Crippen MR) is 121 cm³/mol. The molecule has 152 valence electrons. The van der Waals surface area contributed by atoms with Crippen molar-refractivity contribution in [2.45, 2.75) is 20.8 Å². The Kier molecular flexibility index (Phi) is 5.18. The maximum atomic E-state index is 12.9. The second-order valence-electron chi connectivity index (χ2n) is 7.72. The molecule has 1 amide bonds. The molecular formula is C23H24N6O. The van der Waals surface area contributed by atoms with Gasteiger partial charge in [0.15, 0.2) is 5.65 Å². The average Bonchev–Trinajstić information content (AvgIpc) is 3.00. The lowest BCUT2D eigenvalue weighted by Gasteiger charge is -2.07. The molecule has 0 aliphatic carbocycles. The van der Waals surface area contributed by atoms with Gasteiger partial charge in [0.2, 0.25) is 0 Å². The number of aromatic nitrogens is 3. The second-order valence-corrected chi connectivity index (χ2v) is 7.72. The summed E-state index contributed by atoms with van der Waals surface area (Å²) in [5.41, 5.74) is 11.1. The van der Waals surface area contributed by atoms with E-state index in [0.29, 0.717) is 40.2 Å². The number of nitrogens with zero attached hydrogens (tertiary/aromatic N) is 4. The zero-order valence-electron chi connectivity index (χ0n) is 17.3. The van der Waals surface area contributed by atoms with Gasteiger partial charge in [-0.1, -0.05) is 55.8 Å². The Labute approximate surface area is 174 Å². The topological polar surface area (TPSA) is 98.2 Å². The number of rotatable bonds is 5. The first kappa shape index (κ1) is 19.6. The van der Waals surface area contributed by atoms with Crippen molar-refractivity contribution in [3.8, 4) is 0 Å². The van der Waals surface area contributed by atoms with Crippen LogP contribution >= 0.6 is 0 Å². The first-order chi connectivity index (χ1) is 14.4. The Morgan fingerprint density at radius 2 is 1.80 bits per heavy atom. The number of nitrogen functional groups attached to an aromatic ring is 1. The minimum Gasteiger partial charge on any atom is -0.383 e. The summed E-state index contributed by atoms with van der Waals surface area (Å²) >= 11 is 0. The number of anilines is 1. The number of para-hydroxylation sites is 2. The minimum atomic E-state index is -0.278. The summed E-state index contributed by atoms with van der Waals surface area (Å²) in [6.07, 6.45) is 1.70. The van der Waals surface area contributed by atoms with Crippen molar-refractivity contribution >= 4 is 40.1 Å². The van der Waals surface area contributed by atoms with Gasteiger partial charge >= 0.3 is 0 Å². The molecular weight excluding hydrogens is 376 g/mol. The van der Waals surface area contributed by atoms with Gasteiger partial charge in [0.1, 0.15) is 16.9 Å². The second kappa shape index (κ2) is 7.94. The first-order valence-electron chi connectivity index (χ1n) is 9.90. The van der Waals surface area contributed by atoms with Crippen molar-refractivity contribution in [1.29, 1.82) is 0 Å². The summed E-state index contributed by atoms with van der Waals surface area (Å²) in [6.45, 7) is 6.64. The molecule has 0 unspecified atom stereocenters. The third-order valence-electron chi connectivity index (χ3n) is 4.77. The minimum absolute atomic E-state index is 0.213. The van der Waals surface area contributed by atoms with Crippen molar-refractivity contribution in [2.24, 2.45) is 11.0 Å². The third-order valence-corrected chi connectivity index (χ3v) is 4.77. The smallest absolute Gasteiger partial charge is 0.257 e. The van der Waals surface area contributed by atoms with E-state index in [4.69, 9.17) is 5.73 Å². The Balaban J connectivity index is 1.87. The maximum absolute atomic E-state index is 12.9. The molecule has 0 aliphatic rings. The Bertz CT molecular complexity index is 1250. The molecule has 0 atom stereocenters. The van der Waals surface area contributed by atoms with Gasteiger partial charge in [0, 0.05) is 6.54 Å². The fourth-order valence-electron chi connectivity index (χ4n) is 3.15. The SMILES string of the molecule is Cc1ccc(C=Nn2c(N)c(C(=O)NCC(C)C)c3nc4ccccc4nc32)cc1. The monoisotopic (exact) mass is 400 g/mol. The van der Waals surface area contributed by atoms with E-state index in [9.17, 15) is 4.79 Å². The molecule has 0 radical (unpaired) electrons. The van der Waals surface area contributed by atoms with Crippen molar-refractivity contribution in [1.82, 2.24) is 20.0 Å². The molecule has 0 bridgehead atoms. The molecule has 4 rings (SSSR count). The normalized spacial score (nSPS) is 11.7. The van der Waals surface area contributed by atoms with Crippen molar-refractivity contribution < 1.29 is 4.79 Å². The molecule has 0 saturated heterocycles. The van der Waals surface area contributed by atoms with Crippen LogP contribution in [0.1, 0.15) is 35.3 Å². The number of carbonyl (C=O) groups is 1. The maximum Gasteiger partial charge on any atom is 0.257 e. The summed E-state index contributed by atoms with van der Waals surface area (Å²) in [6, 6.07) is 15.5.